The summed E-state index contributed by atoms with van der Waals surface area (Å²) in [6.07, 6.45) is 4.70. The topological polar surface area (TPSA) is 33.6 Å². The second kappa shape index (κ2) is 5.74. The van der Waals surface area contributed by atoms with E-state index in [1.54, 1.807) is 0 Å². The highest BCUT2D eigenvalue weighted by Crippen LogP contribution is 2.17. The molecule has 2 atom stereocenters. The molecule has 0 amide bonds. The van der Waals surface area contributed by atoms with Crippen LogP contribution in [0.5, 0.6) is 0 Å². The van der Waals surface area contributed by atoms with Crippen molar-refractivity contribution in [2.24, 2.45) is 4.99 Å². The highest BCUT2D eigenvalue weighted by molar-refractivity contribution is 5.83. The van der Waals surface area contributed by atoms with Crippen molar-refractivity contribution in [3.63, 3.8) is 0 Å². The number of benzene rings is 1. The molecule has 1 saturated heterocycles. The molecule has 3 rings (SSSR count). The number of nitrogens with one attached hydrogen (secondary N) is 1. The van der Waals surface area contributed by atoms with Crippen molar-refractivity contribution < 1.29 is 4.74 Å². The minimum atomic E-state index is 0.292. The molecule has 1 N–H and O–H groups in total. The Kier molecular flexibility index (Phi) is 3.83. The summed E-state index contributed by atoms with van der Waals surface area (Å²) in [7, 11) is 0. The molecule has 0 aliphatic carbocycles. The average molecular weight is 258 g/mol. The summed E-state index contributed by atoms with van der Waals surface area (Å²) in [6, 6.07) is 9.33. The summed E-state index contributed by atoms with van der Waals surface area (Å²) in [6.45, 7) is 3.96. The third-order valence-corrected chi connectivity index (χ3v) is 3.90. The van der Waals surface area contributed by atoms with E-state index in [1.807, 2.05) is 0 Å². The first-order valence-electron chi connectivity index (χ1n) is 7.31. The van der Waals surface area contributed by atoms with Gasteiger partial charge in [-0.1, -0.05) is 36.2 Å². The number of aryl methyl sites for hydroxylation is 1. The highest BCUT2D eigenvalue weighted by atomic mass is 16.5. The zero-order valence-corrected chi connectivity index (χ0v) is 11.6. The molecule has 0 saturated carbocycles. The molecular weight excluding hydrogens is 236 g/mol. The van der Waals surface area contributed by atoms with Gasteiger partial charge in [-0.05, 0) is 38.3 Å². The van der Waals surface area contributed by atoms with Gasteiger partial charge in [-0.15, -0.1) is 0 Å². The van der Waals surface area contributed by atoms with Crippen LogP contribution in [0.25, 0.3) is 0 Å². The van der Waals surface area contributed by atoms with Gasteiger partial charge in [-0.3, -0.25) is 0 Å². The van der Waals surface area contributed by atoms with E-state index >= 15 is 0 Å². The quantitative estimate of drug-likeness (QED) is 0.903. The predicted octanol–water partition coefficient (Wildman–Crippen LogP) is 2.48. The minimum Gasteiger partial charge on any atom is -0.478 e. The van der Waals surface area contributed by atoms with Crippen LogP contribution in [0.4, 0.5) is 0 Å². The number of aliphatic imine (C=N–C) groups is 1. The fourth-order valence-electron chi connectivity index (χ4n) is 2.90. The molecule has 102 valence electrons. The summed E-state index contributed by atoms with van der Waals surface area (Å²) in [5, 5.41) is 3.50. The van der Waals surface area contributed by atoms with E-state index in [0.717, 1.165) is 31.9 Å². The van der Waals surface area contributed by atoms with Crippen LogP contribution in [0, 0.1) is 6.92 Å². The lowest BCUT2D eigenvalue weighted by Gasteiger charge is -2.22. The Morgan fingerprint density at radius 2 is 2.32 bits per heavy atom. The van der Waals surface area contributed by atoms with Crippen LogP contribution in [0.3, 0.4) is 0 Å². The Morgan fingerprint density at radius 3 is 3.11 bits per heavy atom. The fraction of sp³-hybridized carbons (Fsp3) is 0.562. The molecule has 0 aromatic heterocycles. The fourth-order valence-corrected chi connectivity index (χ4v) is 2.90. The summed E-state index contributed by atoms with van der Waals surface area (Å²) in [5.74, 6) is 0.942. The lowest BCUT2D eigenvalue weighted by atomic mass is 10.0. The number of hydrogen-bond donors (Lipinski definition) is 1. The molecule has 1 fully saturated rings. The molecule has 0 bridgehead atoms. The van der Waals surface area contributed by atoms with Crippen LogP contribution in [-0.4, -0.2) is 31.1 Å². The van der Waals surface area contributed by atoms with Crippen molar-refractivity contribution in [1.82, 2.24) is 5.32 Å². The van der Waals surface area contributed by atoms with Crippen LogP contribution in [0.2, 0.25) is 0 Å². The molecule has 3 nitrogen and oxygen atoms in total. The van der Waals surface area contributed by atoms with Gasteiger partial charge in [0.05, 0.1) is 12.1 Å². The van der Waals surface area contributed by atoms with E-state index in [-0.39, 0.29) is 0 Å². The van der Waals surface area contributed by atoms with Gasteiger partial charge in [0.1, 0.15) is 6.61 Å². The van der Waals surface area contributed by atoms with Crippen molar-refractivity contribution in [1.29, 1.82) is 0 Å². The largest absolute Gasteiger partial charge is 0.478 e. The second-order valence-corrected chi connectivity index (χ2v) is 5.63. The van der Waals surface area contributed by atoms with Gasteiger partial charge in [0.25, 0.3) is 0 Å². The van der Waals surface area contributed by atoms with E-state index in [2.05, 4.69) is 36.5 Å². The molecule has 3 heteroatoms. The van der Waals surface area contributed by atoms with Crippen molar-refractivity contribution in [3.8, 4) is 0 Å². The van der Waals surface area contributed by atoms with Crippen molar-refractivity contribution in [2.75, 3.05) is 13.2 Å². The van der Waals surface area contributed by atoms with Crippen LogP contribution >= 0.6 is 0 Å². The number of nitrogens with zero attached hydrogens (tertiary/aromatic N) is 1. The molecule has 0 radical (unpaired) electrons. The van der Waals surface area contributed by atoms with E-state index in [4.69, 9.17) is 9.73 Å². The van der Waals surface area contributed by atoms with Crippen molar-refractivity contribution >= 4 is 5.90 Å². The average Bonchev–Trinajstić information content (AvgIpc) is 2.88. The predicted molar refractivity (Wildman–Crippen MR) is 77.7 cm³/mol. The van der Waals surface area contributed by atoms with Crippen LogP contribution in [0.1, 0.15) is 30.4 Å². The molecular formula is C16H22N2O. The third kappa shape index (κ3) is 3.16. The van der Waals surface area contributed by atoms with Gasteiger partial charge in [-0.2, -0.15) is 0 Å². The molecule has 1 aromatic carbocycles. The van der Waals surface area contributed by atoms with Gasteiger partial charge in [-0.25, -0.2) is 4.99 Å². The zero-order chi connectivity index (χ0) is 13.1. The van der Waals surface area contributed by atoms with Crippen LogP contribution in [0.15, 0.2) is 29.3 Å². The molecule has 2 aliphatic heterocycles. The maximum absolute atomic E-state index is 5.79. The van der Waals surface area contributed by atoms with Gasteiger partial charge >= 0.3 is 0 Å². The Bertz CT molecular complexity index is 464. The number of hydrogen-bond acceptors (Lipinski definition) is 3. The molecule has 0 spiro atoms. The molecule has 2 heterocycles. The molecule has 1 aromatic rings. The Hall–Kier alpha value is -1.35. The van der Waals surface area contributed by atoms with Crippen molar-refractivity contribution in [3.05, 3.63) is 35.4 Å². The first-order valence-corrected chi connectivity index (χ1v) is 7.31. The summed E-state index contributed by atoms with van der Waals surface area (Å²) >= 11 is 0. The standard InChI is InChI=1S/C16H22N2O/c1-12-5-4-6-13(9-12)10-14-11-19-16(18-14)15-7-2-3-8-17-15/h4-6,9,14-15,17H,2-3,7-8,10-11H2,1H3. The lowest BCUT2D eigenvalue weighted by molar-refractivity contribution is 0.291. The first-order chi connectivity index (χ1) is 9.31. The molecule has 19 heavy (non-hydrogen) atoms. The second-order valence-electron chi connectivity index (χ2n) is 5.63. The SMILES string of the molecule is Cc1cccc(CC2COC(C3CCCCN3)=N2)c1. The summed E-state index contributed by atoms with van der Waals surface area (Å²) in [5.41, 5.74) is 2.67. The Balaban J connectivity index is 1.62. The lowest BCUT2D eigenvalue weighted by Crippen LogP contribution is -2.40. The summed E-state index contributed by atoms with van der Waals surface area (Å²) < 4.78 is 5.79. The van der Waals surface area contributed by atoms with Gasteiger partial charge < -0.3 is 10.1 Å². The summed E-state index contributed by atoms with van der Waals surface area (Å²) in [4.78, 5) is 4.77. The monoisotopic (exact) mass is 258 g/mol. The van der Waals surface area contributed by atoms with E-state index in [1.165, 1.54) is 24.0 Å². The first kappa shape index (κ1) is 12.7. The van der Waals surface area contributed by atoms with E-state index in [9.17, 15) is 0 Å². The van der Waals surface area contributed by atoms with Crippen LogP contribution < -0.4 is 5.32 Å². The normalized spacial score (nSPS) is 26.9. The molecule has 2 aliphatic rings. The number of rotatable bonds is 3. The Labute approximate surface area is 115 Å². The maximum atomic E-state index is 5.79. The Morgan fingerprint density at radius 1 is 1.37 bits per heavy atom. The smallest absolute Gasteiger partial charge is 0.201 e. The van der Waals surface area contributed by atoms with Gasteiger partial charge in [0, 0.05) is 0 Å². The minimum absolute atomic E-state index is 0.292. The number of piperidine rings is 1. The van der Waals surface area contributed by atoms with E-state index < -0.39 is 0 Å². The third-order valence-electron chi connectivity index (χ3n) is 3.90. The number of ether oxygens (including phenoxy) is 1. The molecule has 2 unspecified atom stereocenters. The van der Waals surface area contributed by atoms with Gasteiger partial charge in [0.15, 0.2) is 0 Å². The van der Waals surface area contributed by atoms with Crippen molar-refractivity contribution in [2.45, 2.75) is 44.7 Å². The van der Waals surface area contributed by atoms with Gasteiger partial charge in [0.2, 0.25) is 5.90 Å². The van der Waals surface area contributed by atoms with E-state index in [0.29, 0.717) is 12.1 Å². The highest BCUT2D eigenvalue weighted by Gasteiger charge is 2.26. The van der Waals surface area contributed by atoms with Crippen LogP contribution in [-0.2, 0) is 11.2 Å². The zero-order valence-electron chi connectivity index (χ0n) is 11.6. The maximum Gasteiger partial charge on any atom is 0.201 e.